The highest BCUT2D eigenvalue weighted by molar-refractivity contribution is 7.89. The Morgan fingerprint density at radius 2 is 2.00 bits per heavy atom. The number of pyridine rings is 1. The first-order valence-electron chi connectivity index (χ1n) is 3.85. The summed E-state index contributed by atoms with van der Waals surface area (Å²) < 4.78 is 47.1. The van der Waals surface area contributed by atoms with Crippen LogP contribution in [0.2, 0.25) is 0 Å². The first-order chi connectivity index (χ1) is 6.88. The number of alkyl halides is 2. The van der Waals surface area contributed by atoms with Crippen molar-refractivity contribution < 1.29 is 17.2 Å². The predicted octanol–water partition coefficient (Wildman–Crippen LogP) is 0.125. The second-order valence-corrected chi connectivity index (χ2v) is 4.27. The van der Waals surface area contributed by atoms with Gasteiger partial charge in [-0.25, -0.2) is 22.3 Å². The summed E-state index contributed by atoms with van der Waals surface area (Å²) in [6, 6.07) is 0. The van der Waals surface area contributed by atoms with E-state index in [4.69, 9.17) is 10.9 Å². The molecule has 0 spiro atoms. The van der Waals surface area contributed by atoms with Gasteiger partial charge in [-0.15, -0.1) is 0 Å². The Kier molecular flexibility index (Phi) is 3.32. The highest BCUT2D eigenvalue weighted by atomic mass is 32.2. The van der Waals surface area contributed by atoms with E-state index in [-0.39, 0.29) is 12.1 Å². The standard InChI is InChI=1S/C7H9F2N3O2S/c8-7(9)5-3-12-2-4(1-10)6(5)15(11,13)14/h2-3,7H,1,10H2,(H2,11,13,14). The van der Waals surface area contributed by atoms with E-state index < -0.39 is 26.9 Å². The minimum absolute atomic E-state index is 0.0182. The topological polar surface area (TPSA) is 99.1 Å². The van der Waals surface area contributed by atoms with Gasteiger partial charge in [0.05, 0.1) is 10.5 Å². The Labute approximate surface area is 85.2 Å². The van der Waals surface area contributed by atoms with Gasteiger partial charge in [-0.2, -0.15) is 0 Å². The molecule has 1 aromatic rings. The molecule has 84 valence electrons. The van der Waals surface area contributed by atoms with Crippen LogP contribution in [-0.2, 0) is 16.6 Å². The second-order valence-electron chi connectivity index (χ2n) is 2.77. The fourth-order valence-electron chi connectivity index (χ4n) is 1.16. The van der Waals surface area contributed by atoms with E-state index in [0.29, 0.717) is 0 Å². The van der Waals surface area contributed by atoms with E-state index >= 15 is 0 Å². The van der Waals surface area contributed by atoms with Gasteiger partial charge < -0.3 is 5.73 Å². The van der Waals surface area contributed by atoms with Gasteiger partial charge in [-0.1, -0.05) is 0 Å². The van der Waals surface area contributed by atoms with Crippen molar-refractivity contribution in [3.8, 4) is 0 Å². The number of nitrogens with zero attached hydrogens (tertiary/aromatic N) is 1. The van der Waals surface area contributed by atoms with Crippen molar-refractivity contribution in [1.82, 2.24) is 4.98 Å². The monoisotopic (exact) mass is 237 g/mol. The lowest BCUT2D eigenvalue weighted by Crippen LogP contribution is -2.19. The third-order valence-electron chi connectivity index (χ3n) is 1.74. The molecule has 0 saturated carbocycles. The predicted molar refractivity (Wildman–Crippen MR) is 48.5 cm³/mol. The van der Waals surface area contributed by atoms with Gasteiger partial charge in [0.15, 0.2) is 0 Å². The van der Waals surface area contributed by atoms with Crippen LogP contribution >= 0.6 is 0 Å². The molecule has 1 rings (SSSR count). The summed E-state index contributed by atoms with van der Waals surface area (Å²) in [4.78, 5) is 2.84. The molecule has 0 aromatic carbocycles. The zero-order valence-corrected chi connectivity index (χ0v) is 8.34. The smallest absolute Gasteiger partial charge is 0.266 e. The Morgan fingerprint density at radius 3 is 2.40 bits per heavy atom. The Hall–Kier alpha value is -1.12. The largest absolute Gasteiger partial charge is 0.326 e. The molecule has 0 atom stereocenters. The molecule has 0 saturated heterocycles. The summed E-state index contributed by atoms with van der Waals surface area (Å²) in [7, 11) is -4.22. The maximum atomic E-state index is 12.5. The summed E-state index contributed by atoms with van der Waals surface area (Å²) in [6.07, 6.45) is -1.09. The van der Waals surface area contributed by atoms with E-state index in [9.17, 15) is 17.2 Å². The minimum Gasteiger partial charge on any atom is -0.326 e. The quantitative estimate of drug-likeness (QED) is 0.780. The Balaban J connectivity index is 3.55. The van der Waals surface area contributed by atoms with Crippen LogP contribution in [0.4, 0.5) is 8.78 Å². The summed E-state index contributed by atoms with van der Waals surface area (Å²) in [5.74, 6) is 0. The van der Waals surface area contributed by atoms with Crippen molar-refractivity contribution in [3.63, 3.8) is 0 Å². The van der Waals surface area contributed by atoms with Crippen LogP contribution in [0, 0.1) is 0 Å². The van der Waals surface area contributed by atoms with E-state index in [1.54, 1.807) is 0 Å². The van der Waals surface area contributed by atoms with Crippen molar-refractivity contribution in [2.45, 2.75) is 17.9 Å². The van der Waals surface area contributed by atoms with Crippen LogP contribution in [0.15, 0.2) is 17.3 Å². The fourth-order valence-corrected chi connectivity index (χ4v) is 2.13. The molecule has 0 radical (unpaired) electrons. The maximum absolute atomic E-state index is 12.5. The lowest BCUT2D eigenvalue weighted by molar-refractivity contribution is 0.147. The van der Waals surface area contributed by atoms with Crippen LogP contribution in [0.25, 0.3) is 0 Å². The van der Waals surface area contributed by atoms with E-state index in [1.165, 1.54) is 0 Å². The van der Waals surface area contributed by atoms with E-state index in [0.717, 1.165) is 12.4 Å². The molecule has 0 aliphatic rings. The average Bonchev–Trinajstić information content (AvgIpc) is 2.15. The molecule has 1 heterocycles. The first kappa shape index (κ1) is 12.0. The van der Waals surface area contributed by atoms with Crippen LogP contribution < -0.4 is 10.9 Å². The minimum atomic E-state index is -4.22. The molecule has 0 unspecified atom stereocenters. The molecule has 1 aromatic heterocycles. The van der Waals surface area contributed by atoms with Crippen molar-refractivity contribution in [3.05, 3.63) is 23.5 Å². The summed E-state index contributed by atoms with van der Waals surface area (Å²) in [6.45, 7) is -0.223. The molecule has 8 heteroatoms. The molecule has 0 bridgehead atoms. The lowest BCUT2D eigenvalue weighted by Gasteiger charge is -2.10. The molecule has 0 aliphatic carbocycles. The molecule has 0 fully saturated rings. The van der Waals surface area contributed by atoms with Crippen molar-refractivity contribution in [2.24, 2.45) is 10.9 Å². The Bertz CT molecular complexity index is 461. The number of nitrogens with two attached hydrogens (primary N) is 2. The number of hydrogen-bond acceptors (Lipinski definition) is 4. The average molecular weight is 237 g/mol. The highest BCUT2D eigenvalue weighted by Crippen LogP contribution is 2.27. The lowest BCUT2D eigenvalue weighted by atomic mass is 10.2. The first-order valence-corrected chi connectivity index (χ1v) is 5.40. The number of primary sulfonamides is 1. The molecule has 0 aliphatic heterocycles. The molecular weight excluding hydrogens is 228 g/mol. The van der Waals surface area contributed by atoms with Gasteiger partial charge in [-0.05, 0) is 0 Å². The number of halogens is 2. The van der Waals surface area contributed by atoms with Gasteiger partial charge in [0.1, 0.15) is 0 Å². The Morgan fingerprint density at radius 1 is 1.40 bits per heavy atom. The van der Waals surface area contributed by atoms with Crippen molar-refractivity contribution in [2.75, 3.05) is 0 Å². The van der Waals surface area contributed by atoms with E-state index in [1.807, 2.05) is 0 Å². The number of rotatable bonds is 3. The second kappa shape index (κ2) is 4.17. The fraction of sp³-hybridized carbons (Fsp3) is 0.286. The van der Waals surface area contributed by atoms with Gasteiger partial charge in [-0.3, -0.25) is 4.98 Å². The van der Waals surface area contributed by atoms with Crippen LogP contribution in [0.1, 0.15) is 17.6 Å². The zero-order chi connectivity index (χ0) is 11.6. The molecule has 15 heavy (non-hydrogen) atoms. The van der Waals surface area contributed by atoms with Crippen LogP contribution in [0.3, 0.4) is 0 Å². The highest BCUT2D eigenvalue weighted by Gasteiger charge is 2.23. The zero-order valence-electron chi connectivity index (χ0n) is 7.52. The maximum Gasteiger partial charge on any atom is 0.266 e. The number of aromatic nitrogens is 1. The normalized spacial score (nSPS) is 12.1. The number of hydrogen-bond donors (Lipinski definition) is 2. The van der Waals surface area contributed by atoms with Gasteiger partial charge in [0.2, 0.25) is 10.0 Å². The third kappa shape index (κ3) is 2.46. The number of sulfonamides is 1. The van der Waals surface area contributed by atoms with Gasteiger partial charge in [0.25, 0.3) is 6.43 Å². The SMILES string of the molecule is NCc1cncc(C(F)F)c1S(N)(=O)=O. The van der Waals surface area contributed by atoms with Crippen LogP contribution in [0.5, 0.6) is 0 Å². The van der Waals surface area contributed by atoms with E-state index in [2.05, 4.69) is 4.98 Å². The summed E-state index contributed by atoms with van der Waals surface area (Å²) >= 11 is 0. The van der Waals surface area contributed by atoms with Gasteiger partial charge >= 0.3 is 0 Å². The molecule has 5 nitrogen and oxygen atoms in total. The summed E-state index contributed by atoms with van der Waals surface area (Å²) in [5.41, 5.74) is 4.47. The third-order valence-corrected chi connectivity index (χ3v) is 2.80. The van der Waals surface area contributed by atoms with Crippen molar-refractivity contribution >= 4 is 10.0 Å². The molecule has 0 amide bonds. The molecular formula is C7H9F2N3O2S. The van der Waals surface area contributed by atoms with Gasteiger partial charge in [0, 0.05) is 24.5 Å². The molecule has 4 N–H and O–H groups in total. The van der Waals surface area contributed by atoms with Crippen LogP contribution in [-0.4, -0.2) is 13.4 Å². The summed E-state index contributed by atoms with van der Waals surface area (Å²) in [5, 5.41) is 4.83. The van der Waals surface area contributed by atoms with Crippen molar-refractivity contribution in [1.29, 1.82) is 0 Å².